The highest BCUT2D eigenvalue weighted by atomic mass is 16.5. The van der Waals surface area contributed by atoms with Crippen molar-refractivity contribution in [3.8, 4) is 11.5 Å². The quantitative estimate of drug-likeness (QED) is 0.435. The fraction of sp³-hybridized carbons (Fsp3) is 0.231. The number of hydrogen-bond donors (Lipinski definition) is 2. The van der Waals surface area contributed by atoms with Gasteiger partial charge in [-0.15, -0.1) is 0 Å². The average molecular weight is 449 g/mol. The van der Waals surface area contributed by atoms with Crippen LogP contribution in [0.15, 0.2) is 84.9 Å². The van der Waals surface area contributed by atoms with E-state index in [1.165, 1.54) is 7.11 Å². The van der Waals surface area contributed by atoms with Crippen LogP contribution >= 0.6 is 0 Å². The number of methoxy groups -OCH3 is 1. The van der Waals surface area contributed by atoms with E-state index in [2.05, 4.69) is 10.6 Å². The lowest BCUT2D eigenvalue weighted by Gasteiger charge is -2.19. The lowest BCUT2D eigenvalue weighted by molar-refractivity contribution is -0.128. The van der Waals surface area contributed by atoms with Crippen LogP contribution in [0.25, 0.3) is 0 Å². The molecule has 2 amide bonds. The summed E-state index contributed by atoms with van der Waals surface area (Å²) in [5.74, 6) is 0.718. The number of ether oxygens (including phenoxy) is 3. The number of hydrogen-bond acceptors (Lipinski definition) is 5. The zero-order chi connectivity index (χ0) is 23.3. The number of carbonyl (C=O) groups excluding carboxylic acids is 2. The largest absolute Gasteiger partial charge is 0.457 e. The molecule has 3 rings (SSSR count). The van der Waals surface area contributed by atoms with E-state index in [1.54, 1.807) is 24.3 Å². The first-order valence-corrected chi connectivity index (χ1v) is 10.7. The molecule has 0 bridgehead atoms. The van der Waals surface area contributed by atoms with Gasteiger partial charge in [-0.05, 0) is 42.0 Å². The molecular weight excluding hydrogens is 420 g/mol. The van der Waals surface area contributed by atoms with Crippen molar-refractivity contribution in [2.45, 2.75) is 19.1 Å². The summed E-state index contributed by atoms with van der Waals surface area (Å²) in [5.41, 5.74) is 1.57. The van der Waals surface area contributed by atoms with E-state index in [1.807, 2.05) is 60.7 Å². The lowest BCUT2D eigenvalue weighted by Crippen LogP contribution is -2.47. The second-order valence-electron chi connectivity index (χ2n) is 7.29. The topological polar surface area (TPSA) is 85.9 Å². The van der Waals surface area contributed by atoms with Gasteiger partial charge in [-0.1, -0.05) is 48.5 Å². The van der Waals surface area contributed by atoms with Gasteiger partial charge >= 0.3 is 0 Å². The van der Waals surface area contributed by atoms with Gasteiger partial charge in [0.1, 0.15) is 17.5 Å². The molecule has 7 nitrogen and oxygen atoms in total. The number of rotatable bonds is 12. The van der Waals surface area contributed by atoms with Crippen LogP contribution in [0.2, 0.25) is 0 Å². The fourth-order valence-electron chi connectivity index (χ4n) is 2.97. The van der Waals surface area contributed by atoms with Crippen molar-refractivity contribution in [2.24, 2.45) is 0 Å². The molecule has 1 unspecified atom stereocenters. The number of nitrogens with one attached hydrogen (secondary N) is 2. The highest BCUT2D eigenvalue weighted by molar-refractivity contribution is 5.97. The third kappa shape index (κ3) is 8.40. The van der Waals surface area contributed by atoms with Gasteiger partial charge in [-0.2, -0.15) is 0 Å². The van der Waals surface area contributed by atoms with Gasteiger partial charge in [0.2, 0.25) is 11.8 Å². The predicted molar refractivity (Wildman–Crippen MR) is 126 cm³/mol. The second kappa shape index (κ2) is 13.0. The Balaban J connectivity index is 1.58. The summed E-state index contributed by atoms with van der Waals surface area (Å²) in [6.07, 6.45) is 0.157. The first kappa shape index (κ1) is 24.0. The zero-order valence-corrected chi connectivity index (χ0v) is 18.5. The third-order valence-corrected chi connectivity index (χ3v) is 4.68. The summed E-state index contributed by atoms with van der Waals surface area (Å²) in [6, 6.07) is 25.2. The number of amides is 2. The van der Waals surface area contributed by atoms with E-state index in [9.17, 15) is 9.59 Å². The van der Waals surface area contributed by atoms with E-state index in [-0.39, 0.29) is 31.4 Å². The molecule has 33 heavy (non-hydrogen) atoms. The molecule has 0 spiro atoms. The predicted octanol–water partition coefficient (Wildman–Crippen LogP) is 4.16. The minimum Gasteiger partial charge on any atom is -0.457 e. The first-order chi connectivity index (χ1) is 16.1. The Kier molecular flexibility index (Phi) is 9.45. The fourth-order valence-corrected chi connectivity index (χ4v) is 2.97. The number of benzene rings is 3. The summed E-state index contributed by atoms with van der Waals surface area (Å²) < 4.78 is 16.4. The number of anilines is 1. The van der Waals surface area contributed by atoms with Gasteiger partial charge in [0.15, 0.2) is 0 Å². The molecule has 0 fully saturated rings. The number of para-hydroxylation sites is 1. The maximum atomic E-state index is 12.9. The lowest BCUT2D eigenvalue weighted by atomic mass is 10.2. The highest BCUT2D eigenvalue weighted by Crippen LogP contribution is 2.22. The standard InChI is InChI=1S/C26H28N2O5/c1-31-17-16-25(29)28-24(19-32-18-20-8-4-2-5-9-20)26(30)27-21-12-14-23(15-13-21)33-22-10-6-3-7-11-22/h2-15,24H,16-19H2,1H3,(H,27,30)(H,28,29). The third-order valence-electron chi connectivity index (χ3n) is 4.68. The molecule has 3 aromatic rings. The van der Waals surface area contributed by atoms with Crippen LogP contribution in [-0.4, -0.2) is 38.2 Å². The van der Waals surface area contributed by atoms with Crippen molar-refractivity contribution >= 4 is 17.5 Å². The second-order valence-corrected chi connectivity index (χ2v) is 7.29. The molecule has 0 aliphatic rings. The van der Waals surface area contributed by atoms with Crippen LogP contribution in [0.1, 0.15) is 12.0 Å². The van der Waals surface area contributed by atoms with Gasteiger partial charge in [0.05, 0.1) is 19.8 Å². The Morgan fingerprint density at radius 1 is 0.848 bits per heavy atom. The minimum atomic E-state index is -0.849. The molecule has 0 saturated heterocycles. The Hall–Kier alpha value is -3.68. The van der Waals surface area contributed by atoms with E-state index in [4.69, 9.17) is 14.2 Å². The van der Waals surface area contributed by atoms with Gasteiger partial charge in [-0.25, -0.2) is 0 Å². The molecule has 0 aromatic heterocycles. The van der Waals surface area contributed by atoms with Crippen molar-refractivity contribution < 1.29 is 23.8 Å². The monoisotopic (exact) mass is 448 g/mol. The Bertz CT molecular complexity index is 994. The van der Waals surface area contributed by atoms with Crippen LogP contribution < -0.4 is 15.4 Å². The van der Waals surface area contributed by atoms with E-state index in [0.29, 0.717) is 18.0 Å². The molecule has 0 heterocycles. The van der Waals surface area contributed by atoms with Gasteiger partial charge < -0.3 is 24.8 Å². The van der Waals surface area contributed by atoms with Crippen LogP contribution in [-0.2, 0) is 25.7 Å². The normalized spacial score (nSPS) is 11.4. The molecule has 7 heteroatoms. The highest BCUT2D eigenvalue weighted by Gasteiger charge is 2.21. The maximum Gasteiger partial charge on any atom is 0.249 e. The molecule has 0 radical (unpaired) electrons. The molecule has 0 aliphatic heterocycles. The molecule has 172 valence electrons. The Labute approximate surface area is 193 Å². The molecule has 2 N–H and O–H groups in total. The molecular formula is C26H28N2O5. The molecule has 0 saturated carbocycles. The Morgan fingerprint density at radius 2 is 1.48 bits per heavy atom. The van der Waals surface area contributed by atoms with Crippen LogP contribution in [0.5, 0.6) is 11.5 Å². The summed E-state index contributed by atoms with van der Waals surface area (Å²) in [5, 5.41) is 5.54. The summed E-state index contributed by atoms with van der Waals surface area (Å²) in [4.78, 5) is 25.0. The van der Waals surface area contributed by atoms with E-state index >= 15 is 0 Å². The Morgan fingerprint density at radius 3 is 2.15 bits per heavy atom. The molecule has 1 atom stereocenters. The maximum absolute atomic E-state index is 12.9. The summed E-state index contributed by atoms with van der Waals surface area (Å²) >= 11 is 0. The van der Waals surface area contributed by atoms with Crippen molar-refractivity contribution in [1.82, 2.24) is 5.32 Å². The minimum absolute atomic E-state index is 0.0364. The van der Waals surface area contributed by atoms with E-state index in [0.717, 1.165) is 11.3 Å². The van der Waals surface area contributed by atoms with Crippen LogP contribution in [0.3, 0.4) is 0 Å². The van der Waals surface area contributed by atoms with Crippen molar-refractivity contribution in [2.75, 3.05) is 25.6 Å². The van der Waals surface area contributed by atoms with Crippen molar-refractivity contribution in [3.05, 3.63) is 90.5 Å². The first-order valence-electron chi connectivity index (χ1n) is 10.7. The SMILES string of the molecule is COCCC(=O)NC(COCc1ccccc1)C(=O)Nc1ccc(Oc2ccccc2)cc1. The average Bonchev–Trinajstić information content (AvgIpc) is 2.84. The van der Waals surface area contributed by atoms with Crippen LogP contribution in [0, 0.1) is 0 Å². The van der Waals surface area contributed by atoms with Crippen molar-refractivity contribution in [1.29, 1.82) is 0 Å². The molecule has 3 aromatic carbocycles. The summed E-state index contributed by atoms with van der Waals surface area (Å²) in [7, 11) is 1.52. The van der Waals surface area contributed by atoms with Crippen molar-refractivity contribution in [3.63, 3.8) is 0 Å². The van der Waals surface area contributed by atoms with Gasteiger partial charge in [0, 0.05) is 19.2 Å². The van der Waals surface area contributed by atoms with Gasteiger partial charge in [-0.3, -0.25) is 9.59 Å². The molecule has 0 aliphatic carbocycles. The zero-order valence-electron chi connectivity index (χ0n) is 18.5. The van der Waals surface area contributed by atoms with E-state index < -0.39 is 6.04 Å². The number of carbonyl (C=O) groups is 2. The van der Waals surface area contributed by atoms with Crippen LogP contribution in [0.4, 0.5) is 5.69 Å². The van der Waals surface area contributed by atoms with Gasteiger partial charge in [0.25, 0.3) is 0 Å². The smallest absolute Gasteiger partial charge is 0.249 e. The summed E-state index contributed by atoms with van der Waals surface area (Å²) in [6.45, 7) is 0.645.